The van der Waals surface area contributed by atoms with Gasteiger partial charge in [0.05, 0.1) is 11.1 Å². The molecule has 1 aliphatic rings. The van der Waals surface area contributed by atoms with Gasteiger partial charge in [-0.25, -0.2) is 0 Å². The first-order chi connectivity index (χ1) is 8.61. The van der Waals surface area contributed by atoms with E-state index in [-0.39, 0.29) is 11.9 Å². The molecule has 1 saturated heterocycles. The summed E-state index contributed by atoms with van der Waals surface area (Å²) in [5.41, 5.74) is 0.881. The van der Waals surface area contributed by atoms with E-state index >= 15 is 0 Å². The van der Waals surface area contributed by atoms with Gasteiger partial charge in [0.15, 0.2) is 0 Å². The molecule has 1 fully saturated rings. The third kappa shape index (κ3) is 2.97. The van der Waals surface area contributed by atoms with Gasteiger partial charge < -0.3 is 9.84 Å². The number of halogens is 1. The third-order valence-electron chi connectivity index (χ3n) is 3.74. The third-order valence-corrected chi connectivity index (χ3v) is 4.05. The number of ether oxygens (including phenoxy) is 1. The molecule has 18 heavy (non-hydrogen) atoms. The van der Waals surface area contributed by atoms with Gasteiger partial charge >= 0.3 is 0 Å². The number of nitrogens with zero attached hydrogens (tertiary/aromatic N) is 1. The largest absolute Gasteiger partial charge is 0.506 e. The van der Waals surface area contributed by atoms with Gasteiger partial charge in [0.2, 0.25) is 0 Å². The summed E-state index contributed by atoms with van der Waals surface area (Å²) in [4.78, 5) is 2.31. The van der Waals surface area contributed by atoms with Crippen molar-refractivity contribution >= 4 is 11.6 Å². The quantitative estimate of drug-likeness (QED) is 0.916. The molecule has 2 atom stereocenters. The highest BCUT2D eigenvalue weighted by molar-refractivity contribution is 6.32. The smallest absolute Gasteiger partial charge is 0.138 e. The predicted molar refractivity (Wildman–Crippen MR) is 73.0 cm³/mol. The highest BCUT2D eigenvalue weighted by Gasteiger charge is 2.26. The number of hydrogen-bond acceptors (Lipinski definition) is 3. The van der Waals surface area contributed by atoms with E-state index in [1.807, 2.05) is 12.1 Å². The number of piperidine rings is 1. The van der Waals surface area contributed by atoms with Crippen LogP contribution < -0.4 is 0 Å². The fraction of sp³-hybridized carbons (Fsp3) is 0.571. The van der Waals surface area contributed by atoms with E-state index < -0.39 is 0 Å². The van der Waals surface area contributed by atoms with E-state index in [0.29, 0.717) is 10.9 Å². The van der Waals surface area contributed by atoms with Crippen molar-refractivity contribution in [1.29, 1.82) is 0 Å². The van der Waals surface area contributed by atoms with Gasteiger partial charge in [-0.05, 0) is 24.9 Å². The molecule has 2 unspecified atom stereocenters. The van der Waals surface area contributed by atoms with E-state index in [4.69, 9.17) is 16.3 Å². The molecule has 1 N–H and O–H groups in total. The van der Waals surface area contributed by atoms with Crippen LogP contribution >= 0.6 is 11.6 Å². The minimum Gasteiger partial charge on any atom is -0.506 e. The molecule has 0 bridgehead atoms. The second kappa shape index (κ2) is 5.91. The molecule has 0 amide bonds. The Balaban J connectivity index is 2.03. The monoisotopic (exact) mass is 269 g/mol. The summed E-state index contributed by atoms with van der Waals surface area (Å²) in [6.07, 6.45) is 1.40. The van der Waals surface area contributed by atoms with Crippen molar-refractivity contribution in [2.75, 3.05) is 20.2 Å². The number of phenols is 1. The molecule has 1 heterocycles. The van der Waals surface area contributed by atoms with Crippen LogP contribution in [0.3, 0.4) is 0 Å². The molecular formula is C14H20ClNO2. The molecular weight excluding hydrogens is 250 g/mol. The molecule has 1 aromatic carbocycles. The van der Waals surface area contributed by atoms with Gasteiger partial charge in [-0.15, -0.1) is 0 Å². The number of aromatic hydroxyl groups is 1. The van der Waals surface area contributed by atoms with Crippen molar-refractivity contribution in [1.82, 2.24) is 4.90 Å². The van der Waals surface area contributed by atoms with Crippen LogP contribution in [0.15, 0.2) is 18.2 Å². The Morgan fingerprint density at radius 1 is 1.50 bits per heavy atom. The lowest BCUT2D eigenvalue weighted by atomic mass is 9.95. The first-order valence-corrected chi connectivity index (χ1v) is 6.71. The van der Waals surface area contributed by atoms with Crippen molar-refractivity contribution in [2.24, 2.45) is 5.92 Å². The van der Waals surface area contributed by atoms with Crippen LogP contribution in [0.1, 0.15) is 18.9 Å². The summed E-state index contributed by atoms with van der Waals surface area (Å²) in [6, 6.07) is 5.50. The van der Waals surface area contributed by atoms with Crippen molar-refractivity contribution in [2.45, 2.75) is 26.0 Å². The number of para-hydroxylation sites is 1. The van der Waals surface area contributed by atoms with Crippen LogP contribution in [0.4, 0.5) is 0 Å². The minimum absolute atomic E-state index is 0.201. The maximum absolute atomic E-state index is 9.91. The van der Waals surface area contributed by atoms with Crippen molar-refractivity contribution < 1.29 is 9.84 Å². The zero-order valence-electron chi connectivity index (χ0n) is 10.9. The lowest BCUT2D eigenvalue weighted by molar-refractivity contribution is -0.00761. The van der Waals surface area contributed by atoms with Crippen LogP contribution in [0.25, 0.3) is 0 Å². The average molecular weight is 270 g/mol. The zero-order valence-corrected chi connectivity index (χ0v) is 11.7. The van der Waals surface area contributed by atoms with E-state index in [0.717, 1.165) is 31.6 Å². The van der Waals surface area contributed by atoms with Gasteiger partial charge in [0.1, 0.15) is 5.75 Å². The molecule has 100 valence electrons. The molecule has 2 rings (SSSR count). The lowest BCUT2D eigenvalue weighted by Gasteiger charge is -2.36. The predicted octanol–water partition coefficient (Wildman–Crippen LogP) is 2.90. The highest BCUT2D eigenvalue weighted by atomic mass is 35.5. The zero-order chi connectivity index (χ0) is 13.1. The van der Waals surface area contributed by atoms with Crippen LogP contribution in [0, 0.1) is 5.92 Å². The SMILES string of the molecule is COC1CN(Cc2cccc(Cl)c2O)CCC1C. The van der Waals surface area contributed by atoms with Gasteiger partial charge in [0, 0.05) is 25.8 Å². The Morgan fingerprint density at radius 2 is 2.28 bits per heavy atom. The van der Waals surface area contributed by atoms with Crippen molar-refractivity contribution in [3.8, 4) is 5.75 Å². The van der Waals surface area contributed by atoms with E-state index in [1.165, 1.54) is 0 Å². The molecule has 1 aliphatic heterocycles. The summed E-state index contributed by atoms with van der Waals surface area (Å²) in [5.74, 6) is 0.797. The van der Waals surface area contributed by atoms with Crippen molar-refractivity contribution in [3.63, 3.8) is 0 Å². The number of hydrogen-bond donors (Lipinski definition) is 1. The number of methoxy groups -OCH3 is 1. The van der Waals surface area contributed by atoms with E-state index in [9.17, 15) is 5.11 Å². The second-order valence-electron chi connectivity index (χ2n) is 5.02. The standard InChI is InChI=1S/C14H20ClNO2/c1-10-6-7-16(9-13(10)18-2)8-11-4-3-5-12(15)14(11)17/h3-5,10,13,17H,6-9H2,1-2H3. The second-order valence-corrected chi connectivity index (χ2v) is 5.43. The highest BCUT2D eigenvalue weighted by Crippen LogP contribution is 2.29. The molecule has 0 saturated carbocycles. The number of rotatable bonds is 3. The Kier molecular flexibility index (Phi) is 4.49. The Labute approximate surface area is 113 Å². The minimum atomic E-state index is 0.201. The molecule has 0 aromatic heterocycles. The molecule has 3 nitrogen and oxygen atoms in total. The first kappa shape index (κ1) is 13.7. The Morgan fingerprint density at radius 3 is 3.00 bits per heavy atom. The molecule has 4 heteroatoms. The van der Waals surface area contributed by atoms with Crippen LogP contribution in [0.5, 0.6) is 5.75 Å². The summed E-state index contributed by atoms with van der Waals surface area (Å²) < 4.78 is 5.50. The molecule has 0 aliphatic carbocycles. The molecule has 0 spiro atoms. The van der Waals surface area contributed by atoms with Gasteiger partial charge in [-0.2, -0.15) is 0 Å². The molecule has 0 radical (unpaired) electrons. The molecule has 1 aromatic rings. The van der Waals surface area contributed by atoms with Crippen molar-refractivity contribution in [3.05, 3.63) is 28.8 Å². The van der Waals surface area contributed by atoms with Crippen LogP contribution in [-0.4, -0.2) is 36.3 Å². The average Bonchev–Trinajstić information content (AvgIpc) is 2.37. The first-order valence-electron chi connectivity index (χ1n) is 6.33. The van der Waals surface area contributed by atoms with Gasteiger partial charge in [0.25, 0.3) is 0 Å². The summed E-state index contributed by atoms with van der Waals surface area (Å²) >= 11 is 5.92. The fourth-order valence-corrected chi connectivity index (χ4v) is 2.67. The fourth-order valence-electron chi connectivity index (χ4n) is 2.48. The van der Waals surface area contributed by atoms with Gasteiger partial charge in [-0.3, -0.25) is 4.90 Å². The van der Waals surface area contributed by atoms with Crippen LogP contribution in [0.2, 0.25) is 5.02 Å². The number of benzene rings is 1. The van der Waals surface area contributed by atoms with E-state index in [2.05, 4.69) is 11.8 Å². The normalized spacial score (nSPS) is 25.3. The summed E-state index contributed by atoms with van der Waals surface area (Å²) in [6.45, 7) is 4.89. The lowest BCUT2D eigenvalue weighted by Crippen LogP contribution is -2.43. The summed E-state index contributed by atoms with van der Waals surface area (Å²) in [5, 5.41) is 10.3. The van der Waals surface area contributed by atoms with Crippen LogP contribution in [-0.2, 0) is 11.3 Å². The van der Waals surface area contributed by atoms with Gasteiger partial charge in [-0.1, -0.05) is 30.7 Å². The maximum atomic E-state index is 9.91. The van der Waals surface area contributed by atoms with E-state index in [1.54, 1.807) is 13.2 Å². The Hall–Kier alpha value is -0.770. The maximum Gasteiger partial charge on any atom is 0.138 e. The summed E-state index contributed by atoms with van der Waals surface area (Å²) in [7, 11) is 1.77. The number of phenolic OH excluding ortho intramolecular Hbond substituents is 1. The topological polar surface area (TPSA) is 32.7 Å². The Bertz CT molecular complexity index is 411. The number of likely N-dealkylation sites (tertiary alicyclic amines) is 1.